The number of hydrogen-bond acceptors (Lipinski definition) is 6. The van der Waals surface area contributed by atoms with Crippen LogP contribution in [0.1, 0.15) is 27.3 Å². The van der Waals surface area contributed by atoms with Gasteiger partial charge in [0, 0.05) is 32.9 Å². The van der Waals surface area contributed by atoms with E-state index in [9.17, 15) is 13.6 Å². The van der Waals surface area contributed by atoms with Crippen molar-refractivity contribution in [2.75, 3.05) is 6.61 Å². The van der Waals surface area contributed by atoms with Gasteiger partial charge in [-0.05, 0) is 108 Å². The van der Waals surface area contributed by atoms with E-state index in [1.807, 2.05) is 12.1 Å². The molecule has 1 unspecified atom stereocenters. The van der Waals surface area contributed by atoms with Crippen LogP contribution in [-0.4, -0.2) is 22.4 Å². The molecule has 1 aliphatic heterocycles. The molecule has 0 amide bonds. The van der Waals surface area contributed by atoms with E-state index < -0.39 is 11.4 Å². The van der Waals surface area contributed by atoms with Gasteiger partial charge in [-0.15, -0.1) is 0 Å². The number of halogens is 6. The molecule has 2 aromatic heterocycles. The van der Waals surface area contributed by atoms with Gasteiger partial charge in [-0.1, -0.05) is 58.5 Å². The van der Waals surface area contributed by atoms with E-state index in [1.54, 1.807) is 85.1 Å². The van der Waals surface area contributed by atoms with Gasteiger partial charge < -0.3 is 14.2 Å². The number of Topliss-reactive ketones (excluding diaryl/α,β-unsaturated/α-hetero) is 1. The molecule has 0 spiro atoms. The molecule has 6 nitrogen and oxygen atoms in total. The fraction of sp³-hybridized carbons (Fsp3) is 0.103. The second kappa shape index (κ2) is 16.2. The third-order valence-electron chi connectivity index (χ3n) is 7.67. The van der Waals surface area contributed by atoms with Gasteiger partial charge in [0.2, 0.25) is 0 Å². The number of carbonyl (C=O) groups excluding carboxylic acids is 1. The predicted molar refractivity (Wildman–Crippen MR) is 194 cm³/mol. The van der Waals surface area contributed by atoms with Crippen molar-refractivity contribution in [3.63, 3.8) is 0 Å². The standard InChI is InChI=1S/C20H14Cl2FNO2.C19H12Cl2FNO2/c21-14-3-5-16(6-4-14)26-17-7-8-19(24-11-17)20(12-25-20)10-13-1-2-15(22)9-18(13)23;20-13-3-5-15(6-4-13)25-16-7-8-18(23-11-16)19(24)9-12-1-2-14(21)10-17(12)22/h1-9,11H,10,12H2;1-8,10-11H,9H2. The average Bonchev–Trinajstić information content (AvgIpc) is 3.91. The number of epoxide rings is 1. The van der Waals surface area contributed by atoms with Crippen LogP contribution in [0.15, 0.2) is 122 Å². The molecule has 6 aromatic rings. The van der Waals surface area contributed by atoms with Gasteiger partial charge in [-0.3, -0.25) is 9.78 Å². The van der Waals surface area contributed by atoms with Crippen LogP contribution in [0, 0.1) is 11.6 Å². The van der Waals surface area contributed by atoms with Crippen LogP contribution in [0.3, 0.4) is 0 Å². The molecule has 1 atom stereocenters. The Hall–Kier alpha value is -4.57. The highest BCUT2D eigenvalue weighted by Gasteiger charge is 2.48. The molecule has 12 heteroatoms. The lowest BCUT2D eigenvalue weighted by Gasteiger charge is -2.13. The lowest BCUT2D eigenvalue weighted by Crippen LogP contribution is -2.15. The van der Waals surface area contributed by atoms with E-state index in [0.717, 1.165) is 5.69 Å². The third kappa shape index (κ3) is 9.82. The average molecular weight is 766 g/mol. The molecular weight excluding hydrogens is 740 g/mol. The number of hydrogen-bond donors (Lipinski definition) is 0. The highest BCUT2D eigenvalue weighted by molar-refractivity contribution is 6.31. The summed E-state index contributed by atoms with van der Waals surface area (Å²) in [4.78, 5) is 20.8. The van der Waals surface area contributed by atoms with Gasteiger partial charge in [0.15, 0.2) is 5.78 Å². The topological polar surface area (TPSA) is 73.8 Å². The minimum absolute atomic E-state index is 0.0899. The molecule has 0 saturated carbocycles. The van der Waals surface area contributed by atoms with Gasteiger partial charge >= 0.3 is 0 Å². The number of ketones is 1. The summed E-state index contributed by atoms with van der Waals surface area (Å²) in [6, 6.07) is 29.7. The van der Waals surface area contributed by atoms with Gasteiger partial charge in [-0.2, -0.15) is 0 Å². The van der Waals surface area contributed by atoms with Crippen LogP contribution >= 0.6 is 46.4 Å². The minimum Gasteiger partial charge on any atom is -0.456 e. The van der Waals surface area contributed by atoms with Crippen molar-refractivity contribution in [2.24, 2.45) is 0 Å². The number of benzene rings is 4. The quantitative estimate of drug-likeness (QED) is 0.102. The summed E-state index contributed by atoms with van der Waals surface area (Å²) in [5.74, 6) is 1.22. The summed E-state index contributed by atoms with van der Waals surface area (Å²) in [5.41, 5.74) is 1.22. The SMILES string of the molecule is Fc1cc(Cl)ccc1CC1(c2ccc(Oc3ccc(Cl)cc3)cn2)CO1.O=C(Cc1ccc(Cl)cc1F)c1ccc(Oc2ccc(Cl)cc2)cn1. The highest BCUT2D eigenvalue weighted by Crippen LogP contribution is 2.42. The van der Waals surface area contributed by atoms with Gasteiger partial charge in [0.25, 0.3) is 0 Å². The van der Waals surface area contributed by atoms with Crippen LogP contribution in [0.25, 0.3) is 0 Å². The van der Waals surface area contributed by atoms with E-state index in [2.05, 4.69) is 9.97 Å². The van der Waals surface area contributed by atoms with Crippen LogP contribution in [0.5, 0.6) is 23.0 Å². The van der Waals surface area contributed by atoms with Crippen molar-refractivity contribution < 1.29 is 27.8 Å². The van der Waals surface area contributed by atoms with Crippen LogP contribution < -0.4 is 9.47 Å². The van der Waals surface area contributed by atoms with E-state index >= 15 is 0 Å². The van der Waals surface area contributed by atoms with Gasteiger partial charge in [0.05, 0.1) is 24.7 Å². The summed E-state index contributed by atoms with van der Waals surface area (Å²) in [6.45, 7) is 0.499. The summed E-state index contributed by atoms with van der Waals surface area (Å²) in [5, 5.41) is 1.92. The lowest BCUT2D eigenvalue weighted by molar-refractivity contribution is 0.0987. The molecular formula is C39H26Cl4F2N2O4. The van der Waals surface area contributed by atoms with Crippen molar-refractivity contribution in [2.45, 2.75) is 18.4 Å². The third-order valence-corrected chi connectivity index (χ3v) is 8.65. The molecule has 0 radical (unpaired) electrons. The van der Waals surface area contributed by atoms with Crippen molar-refractivity contribution in [1.82, 2.24) is 9.97 Å². The first kappa shape index (κ1) is 36.2. The Morgan fingerprint density at radius 2 is 1.10 bits per heavy atom. The molecule has 1 saturated heterocycles. The zero-order chi connectivity index (χ0) is 36.0. The molecule has 4 aromatic carbocycles. The number of carbonyl (C=O) groups is 1. The number of aromatic nitrogens is 2. The number of rotatable bonds is 10. The molecule has 3 heterocycles. The molecule has 0 N–H and O–H groups in total. The molecule has 258 valence electrons. The van der Waals surface area contributed by atoms with Crippen LogP contribution in [0.4, 0.5) is 8.78 Å². The first-order chi connectivity index (χ1) is 24.5. The Morgan fingerprint density at radius 1 is 0.627 bits per heavy atom. The first-order valence-corrected chi connectivity index (χ1v) is 16.9. The molecule has 1 fully saturated rings. The molecule has 51 heavy (non-hydrogen) atoms. The summed E-state index contributed by atoms with van der Waals surface area (Å²) < 4.78 is 44.8. The summed E-state index contributed by atoms with van der Waals surface area (Å²) in [7, 11) is 0. The number of ether oxygens (including phenoxy) is 3. The normalized spacial score (nSPS) is 14.6. The Morgan fingerprint density at radius 3 is 1.55 bits per heavy atom. The smallest absolute Gasteiger partial charge is 0.185 e. The zero-order valence-corrected chi connectivity index (χ0v) is 29.5. The molecule has 1 aliphatic rings. The highest BCUT2D eigenvalue weighted by atomic mass is 35.5. The second-order valence-electron chi connectivity index (χ2n) is 11.4. The molecule has 0 aliphatic carbocycles. The predicted octanol–water partition coefficient (Wildman–Crippen LogP) is 11.5. The summed E-state index contributed by atoms with van der Waals surface area (Å²) in [6.07, 6.45) is 3.39. The van der Waals surface area contributed by atoms with Crippen LogP contribution in [0.2, 0.25) is 20.1 Å². The van der Waals surface area contributed by atoms with Gasteiger partial charge in [-0.25, -0.2) is 13.8 Å². The van der Waals surface area contributed by atoms with E-state index in [1.165, 1.54) is 24.4 Å². The van der Waals surface area contributed by atoms with E-state index in [0.29, 0.717) is 56.7 Å². The second-order valence-corrected chi connectivity index (χ2v) is 13.1. The largest absolute Gasteiger partial charge is 0.456 e. The van der Waals surface area contributed by atoms with Crippen molar-refractivity contribution in [1.29, 1.82) is 0 Å². The Bertz CT molecular complexity index is 2130. The Labute approximate surface area is 312 Å². The lowest BCUT2D eigenvalue weighted by atomic mass is 9.96. The Kier molecular flexibility index (Phi) is 11.5. The number of nitrogens with zero attached hydrogens (tertiary/aromatic N) is 2. The van der Waals surface area contributed by atoms with Crippen molar-refractivity contribution in [3.8, 4) is 23.0 Å². The maximum absolute atomic E-state index is 14.1. The first-order valence-electron chi connectivity index (χ1n) is 15.4. The van der Waals surface area contributed by atoms with Gasteiger partial charge in [0.1, 0.15) is 45.9 Å². The molecule has 7 rings (SSSR count). The van der Waals surface area contributed by atoms with E-state index in [-0.39, 0.29) is 34.3 Å². The maximum atomic E-state index is 14.1. The fourth-order valence-corrected chi connectivity index (χ4v) is 5.49. The Balaban J connectivity index is 0.000000176. The monoisotopic (exact) mass is 764 g/mol. The van der Waals surface area contributed by atoms with Crippen LogP contribution in [-0.2, 0) is 23.2 Å². The minimum atomic E-state index is -0.590. The van der Waals surface area contributed by atoms with Crippen molar-refractivity contribution in [3.05, 3.63) is 176 Å². The van der Waals surface area contributed by atoms with Crippen molar-refractivity contribution >= 4 is 52.2 Å². The zero-order valence-electron chi connectivity index (χ0n) is 26.5. The molecule has 0 bridgehead atoms. The van der Waals surface area contributed by atoms with E-state index in [4.69, 9.17) is 60.6 Å². The fourth-order valence-electron chi connectivity index (χ4n) is 4.92. The summed E-state index contributed by atoms with van der Waals surface area (Å²) >= 11 is 23.2. The maximum Gasteiger partial charge on any atom is 0.185 e. The number of pyridine rings is 2.